The first-order valence-corrected chi connectivity index (χ1v) is 8.72. The van der Waals surface area contributed by atoms with Crippen molar-refractivity contribution < 1.29 is 9.53 Å². The van der Waals surface area contributed by atoms with Gasteiger partial charge in [-0.3, -0.25) is 4.79 Å². The Morgan fingerprint density at radius 1 is 1.08 bits per heavy atom. The van der Waals surface area contributed by atoms with Crippen molar-refractivity contribution in [2.75, 3.05) is 26.2 Å². The zero-order chi connectivity index (χ0) is 18.2. The molecule has 1 aliphatic heterocycles. The summed E-state index contributed by atoms with van der Waals surface area (Å²) in [5.74, 6) is 0.781. The fraction of sp³-hybridized carbons (Fsp3) is 0.450. The molecule has 0 saturated carbocycles. The molecular formula is C20H27N3O2. The fourth-order valence-corrected chi connectivity index (χ4v) is 3.26. The van der Waals surface area contributed by atoms with Gasteiger partial charge in [0.2, 0.25) is 0 Å². The van der Waals surface area contributed by atoms with E-state index in [1.54, 1.807) is 0 Å². The van der Waals surface area contributed by atoms with Crippen molar-refractivity contribution in [1.29, 1.82) is 0 Å². The molecule has 1 aliphatic rings. The van der Waals surface area contributed by atoms with E-state index in [0.717, 1.165) is 29.6 Å². The summed E-state index contributed by atoms with van der Waals surface area (Å²) in [6.07, 6.45) is 1.93. The summed E-state index contributed by atoms with van der Waals surface area (Å²) < 4.78 is 7.85. The molecule has 134 valence electrons. The smallest absolute Gasteiger partial charge is 0.256 e. The molecule has 2 aromatic rings. The second-order valence-electron chi connectivity index (χ2n) is 7.56. The second kappa shape index (κ2) is 6.47. The summed E-state index contributed by atoms with van der Waals surface area (Å²) in [7, 11) is 1.98. The number of aryl methyl sites for hydroxylation is 1. The van der Waals surface area contributed by atoms with E-state index in [9.17, 15) is 4.79 Å². The van der Waals surface area contributed by atoms with Crippen LogP contribution in [-0.2, 0) is 11.8 Å². The Balaban J connectivity index is 1.68. The number of nitrogens with zero attached hydrogens (tertiary/aromatic N) is 3. The highest BCUT2D eigenvalue weighted by Crippen LogP contribution is 2.23. The van der Waals surface area contributed by atoms with Crippen molar-refractivity contribution in [1.82, 2.24) is 14.4 Å². The van der Waals surface area contributed by atoms with Crippen molar-refractivity contribution in [3.05, 3.63) is 48.5 Å². The fourth-order valence-electron chi connectivity index (χ4n) is 3.26. The standard InChI is InChI=1S/C20H27N3O2/c1-15(25-20(2,3)4)22-10-12-23(13-11-22)19(24)17-14-21(5)18-9-7-6-8-16(17)18/h6-9,14H,1,10-13H2,2-5H3. The molecule has 1 saturated heterocycles. The van der Waals surface area contributed by atoms with E-state index in [2.05, 4.69) is 11.5 Å². The molecule has 0 radical (unpaired) electrons. The number of ether oxygens (including phenoxy) is 1. The van der Waals surface area contributed by atoms with Gasteiger partial charge in [0, 0.05) is 50.3 Å². The van der Waals surface area contributed by atoms with E-state index in [4.69, 9.17) is 4.74 Å². The number of rotatable bonds is 3. The predicted molar refractivity (Wildman–Crippen MR) is 100 cm³/mol. The molecule has 2 heterocycles. The van der Waals surface area contributed by atoms with Crippen LogP contribution in [0, 0.1) is 0 Å². The molecule has 3 rings (SSSR count). The summed E-state index contributed by atoms with van der Waals surface area (Å²) in [5, 5.41) is 1.01. The Bertz CT molecular complexity index is 793. The zero-order valence-electron chi connectivity index (χ0n) is 15.6. The van der Waals surface area contributed by atoms with Gasteiger partial charge in [0.25, 0.3) is 5.91 Å². The highest BCUT2D eigenvalue weighted by Gasteiger charge is 2.26. The number of piperazine rings is 1. The molecule has 0 aliphatic carbocycles. The largest absolute Gasteiger partial charge is 0.474 e. The Hall–Kier alpha value is -2.43. The lowest BCUT2D eigenvalue weighted by atomic mass is 10.1. The maximum absolute atomic E-state index is 13.0. The van der Waals surface area contributed by atoms with E-state index in [1.807, 2.05) is 67.7 Å². The van der Waals surface area contributed by atoms with Gasteiger partial charge in [-0.1, -0.05) is 18.2 Å². The molecule has 1 amide bonds. The Morgan fingerprint density at radius 2 is 1.68 bits per heavy atom. The lowest BCUT2D eigenvalue weighted by molar-refractivity contribution is -0.00866. The molecule has 0 spiro atoms. The molecule has 5 nitrogen and oxygen atoms in total. The van der Waals surface area contributed by atoms with E-state index in [0.29, 0.717) is 19.0 Å². The molecule has 1 fully saturated rings. The first-order chi connectivity index (χ1) is 11.8. The lowest BCUT2D eigenvalue weighted by Crippen LogP contribution is -2.48. The highest BCUT2D eigenvalue weighted by molar-refractivity contribution is 6.07. The van der Waals surface area contributed by atoms with Crippen LogP contribution in [0.15, 0.2) is 42.9 Å². The van der Waals surface area contributed by atoms with E-state index < -0.39 is 0 Å². The quantitative estimate of drug-likeness (QED) is 0.805. The van der Waals surface area contributed by atoms with Gasteiger partial charge in [-0.15, -0.1) is 0 Å². The lowest BCUT2D eigenvalue weighted by Gasteiger charge is -2.38. The molecule has 0 atom stereocenters. The second-order valence-corrected chi connectivity index (χ2v) is 7.56. The van der Waals surface area contributed by atoms with Crippen molar-refractivity contribution in [2.24, 2.45) is 7.05 Å². The van der Waals surface area contributed by atoms with Crippen LogP contribution >= 0.6 is 0 Å². The van der Waals surface area contributed by atoms with Gasteiger partial charge in [0.05, 0.1) is 5.56 Å². The number of carbonyl (C=O) groups is 1. The van der Waals surface area contributed by atoms with Crippen LogP contribution in [0.5, 0.6) is 0 Å². The summed E-state index contributed by atoms with van der Waals surface area (Å²) in [5.41, 5.74) is 1.60. The van der Waals surface area contributed by atoms with Crippen molar-refractivity contribution in [3.63, 3.8) is 0 Å². The number of fused-ring (bicyclic) bond motifs is 1. The van der Waals surface area contributed by atoms with Crippen LogP contribution < -0.4 is 0 Å². The van der Waals surface area contributed by atoms with Crippen molar-refractivity contribution in [3.8, 4) is 0 Å². The minimum atomic E-state index is -0.257. The van der Waals surface area contributed by atoms with Crippen LogP contribution in [0.2, 0.25) is 0 Å². The Morgan fingerprint density at radius 3 is 2.32 bits per heavy atom. The van der Waals surface area contributed by atoms with Gasteiger partial charge in [-0.2, -0.15) is 0 Å². The summed E-state index contributed by atoms with van der Waals surface area (Å²) in [6.45, 7) is 12.9. The van der Waals surface area contributed by atoms with E-state index >= 15 is 0 Å². The average molecular weight is 341 g/mol. The molecule has 0 bridgehead atoms. The number of hydrogen-bond donors (Lipinski definition) is 0. The van der Waals surface area contributed by atoms with Gasteiger partial charge in [0.15, 0.2) is 5.88 Å². The number of carbonyl (C=O) groups excluding carboxylic acids is 1. The third-order valence-electron chi connectivity index (χ3n) is 4.47. The summed E-state index contributed by atoms with van der Waals surface area (Å²) in [4.78, 5) is 17.0. The predicted octanol–water partition coefficient (Wildman–Crippen LogP) is 3.22. The first-order valence-electron chi connectivity index (χ1n) is 8.72. The number of aromatic nitrogens is 1. The van der Waals surface area contributed by atoms with Crippen LogP contribution in [0.4, 0.5) is 0 Å². The minimum Gasteiger partial charge on any atom is -0.474 e. The average Bonchev–Trinajstić information content (AvgIpc) is 2.90. The molecule has 1 aromatic heterocycles. The first kappa shape index (κ1) is 17.4. The van der Waals surface area contributed by atoms with Crippen LogP contribution in [0.1, 0.15) is 31.1 Å². The van der Waals surface area contributed by atoms with Crippen LogP contribution in [0.25, 0.3) is 10.9 Å². The van der Waals surface area contributed by atoms with Gasteiger partial charge in [0.1, 0.15) is 5.60 Å². The van der Waals surface area contributed by atoms with Crippen LogP contribution in [0.3, 0.4) is 0 Å². The third-order valence-corrected chi connectivity index (χ3v) is 4.47. The topological polar surface area (TPSA) is 37.7 Å². The zero-order valence-corrected chi connectivity index (χ0v) is 15.6. The maximum atomic E-state index is 13.0. The molecule has 1 aromatic carbocycles. The Kier molecular flexibility index (Phi) is 4.50. The van der Waals surface area contributed by atoms with E-state index in [1.165, 1.54) is 0 Å². The molecule has 0 N–H and O–H groups in total. The maximum Gasteiger partial charge on any atom is 0.256 e. The monoisotopic (exact) mass is 341 g/mol. The molecular weight excluding hydrogens is 314 g/mol. The summed E-state index contributed by atoms with van der Waals surface area (Å²) in [6, 6.07) is 8.02. The van der Waals surface area contributed by atoms with Gasteiger partial charge in [-0.05, 0) is 33.4 Å². The van der Waals surface area contributed by atoms with Crippen molar-refractivity contribution in [2.45, 2.75) is 26.4 Å². The number of hydrogen-bond acceptors (Lipinski definition) is 3. The van der Waals surface area contributed by atoms with Gasteiger partial charge < -0.3 is 19.1 Å². The van der Waals surface area contributed by atoms with Crippen LogP contribution in [-0.4, -0.2) is 52.1 Å². The van der Waals surface area contributed by atoms with Gasteiger partial charge >= 0.3 is 0 Å². The molecule has 25 heavy (non-hydrogen) atoms. The third kappa shape index (κ3) is 3.65. The van der Waals surface area contributed by atoms with Gasteiger partial charge in [-0.25, -0.2) is 0 Å². The van der Waals surface area contributed by atoms with Crippen molar-refractivity contribution >= 4 is 16.8 Å². The number of benzene rings is 1. The number of para-hydroxylation sites is 1. The Labute approximate surface area is 149 Å². The molecule has 0 unspecified atom stereocenters. The summed E-state index contributed by atoms with van der Waals surface area (Å²) >= 11 is 0. The normalized spacial score (nSPS) is 15.5. The highest BCUT2D eigenvalue weighted by atomic mass is 16.5. The molecule has 5 heteroatoms. The SMILES string of the molecule is C=C(OC(C)(C)C)N1CCN(C(=O)c2cn(C)c3ccccc23)CC1. The van der Waals surface area contributed by atoms with E-state index in [-0.39, 0.29) is 11.5 Å². The number of amides is 1. The minimum absolute atomic E-state index is 0.0961.